The Morgan fingerprint density at radius 2 is 1.90 bits per heavy atom. The van der Waals surface area contributed by atoms with Crippen LogP contribution in [-0.4, -0.2) is 26.4 Å². The number of carboxylic acids is 1. The number of para-hydroxylation sites is 1. The van der Waals surface area contributed by atoms with Crippen LogP contribution >= 0.6 is 23.8 Å². The van der Waals surface area contributed by atoms with Crippen molar-refractivity contribution >= 4 is 40.7 Å². The number of nitrogens with zero attached hydrogens (tertiary/aromatic N) is 2. The van der Waals surface area contributed by atoms with Gasteiger partial charge in [-0.05, 0) is 48.1 Å². The van der Waals surface area contributed by atoms with E-state index in [0.717, 1.165) is 0 Å². The summed E-state index contributed by atoms with van der Waals surface area (Å²) in [6.07, 6.45) is -0.169. The molecule has 2 aromatic carbocycles. The molecule has 0 radical (unpaired) electrons. The SMILES string of the molecule is O=C(O)C[C@H](NC(=S)Nc1ccc(Oc2ccccc2)nn1)c1cccc(Cl)c1. The van der Waals surface area contributed by atoms with Crippen molar-refractivity contribution in [1.82, 2.24) is 15.5 Å². The summed E-state index contributed by atoms with van der Waals surface area (Å²) in [4.78, 5) is 11.2. The van der Waals surface area contributed by atoms with Crippen LogP contribution < -0.4 is 15.4 Å². The summed E-state index contributed by atoms with van der Waals surface area (Å²) in [7, 11) is 0. The van der Waals surface area contributed by atoms with E-state index in [1.54, 1.807) is 36.4 Å². The molecular weight excluding hydrogens is 412 g/mol. The predicted octanol–water partition coefficient (Wildman–Crippen LogP) is 4.42. The van der Waals surface area contributed by atoms with Crippen LogP contribution in [0.25, 0.3) is 0 Å². The fourth-order valence-corrected chi connectivity index (χ4v) is 2.96. The maximum absolute atomic E-state index is 11.2. The Bertz CT molecular complexity index is 987. The van der Waals surface area contributed by atoms with Crippen molar-refractivity contribution in [3.05, 3.63) is 77.3 Å². The van der Waals surface area contributed by atoms with Gasteiger partial charge in [0, 0.05) is 11.1 Å². The molecular formula is C20H17ClN4O3S. The van der Waals surface area contributed by atoms with E-state index < -0.39 is 12.0 Å². The van der Waals surface area contributed by atoms with Gasteiger partial charge in [0.1, 0.15) is 5.75 Å². The molecule has 1 heterocycles. The van der Waals surface area contributed by atoms with Gasteiger partial charge in [-0.15, -0.1) is 10.2 Å². The van der Waals surface area contributed by atoms with Crippen LogP contribution in [0.3, 0.4) is 0 Å². The number of carbonyl (C=O) groups is 1. The van der Waals surface area contributed by atoms with Crippen LogP contribution in [0.2, 0.25) is 5.02 Å². The predicted molar refractivity (Wildman–Crippen MR) is 114 cm³/mol. The van der Waals surface area contributed by atoms with Gasteiger partial charge in [0.15, 0.2) is 10.9 Å². The maximum atomic E-state index is 11.2. The van der Waals surface area contributed by atoms with Crippen LogP contribution in [0.4, 0.5) is 5.82 Å². The lowest BCUT2D eigenvalue weighted by Gasteiger charge is -2.19. The van der Waals surface area contributed by atoms with E-state index in [-0.39, 0.29) is 11.5 Å². The van der Waals surface area contributed by atoms with Gasteiger partial charge >= 0.3 is 5.97 Å². The number of anilines is 1. The molecule has 1 atom stereocenters. The molecule has 9 heteroatoms. The zero-order valence-corrected chi connectivity index (χ0v) is 16.7. The van der Waals surface area contributed by atoms with Gasteiger partial charge in [-0.25, -0.2) is 0 Å². The fourth-order valence-electron chi connectivity index (χ4n) is 2.51. The summed E-state index contributed by atoms with van der Waals surface area (Å²) < 4.78 is 5.59. The molecule has 0 amide bonds. The second kappa shape index (κ2) is 9.81. The van der Waals surface area contributed by atoms with Crippen LogP contribution in [0, 0.1) is 0 Å². The molecule has 0 unspecified atom stereocenters. The van der Waals surface area contributed by atoms with Crippen molar-refractivity contribution in [3.8, 4) is 11.6 Å². The molecule has 0 bridgehead atoms. The van der Waals surface area contributed by atoms with E-state index in [1.807, 2.05) is 30.3 Å². The van der Waals surface area contributed by atoms with Gasteiger partial charge in [0.25, 0.3) is 0 Å². The highest BCUT2D eigenvalue weighted by Gasteiger charge is 2.17. The highest BCUT2D eigenvalue weighted by Crippen LogP contribution is 2.21. The third kappa shape index (κ3) is 6.41. The molecule has 0 saturated carbocycles. The summed E-state index contributed by atoms with van der Waals surface area (Å²) >= 11 is 11.3. The van der Waals surface area contributed by atoms with E-state index in [4.69, 9.17) is 28.6 Å². The number of rotatable bonds is 7. The normalized spacial score (nSPS) is 11.3. The Morgan fingerprint density at radius 1 is 1.10 bits per heavy atom. The lowest BCUT2D eigenvalue weighted by Crippen LogP contribution is -2.33. The number of benzene rings is 2. The molecule has 0 aliphatic rings. The highest BCUT2D eigenvalue weighted by atomic mass is 35.5. The molecule has 0 aliphatic carbocycles. The quantitative estimate of drug-likeness (QED) is 0.476. The van der Waals surface area contributed by atoms with Crippen molar-refractivity contribution in [2.24, 2.45) is 0 Å². The zero-order valence-electron chi connectivity index (χ0n) is 15.1. The molecule has 7 nitrogen and oxygen atoms in total. The van der Waals surface area contributed by atoms with Gasteiger partial charge in [-0.3, -0.25) is 4.79 Å². The first-order valence-corrected chi connectivity index (χ1v) is 9.39. The molecule has 148 valence electrons. The first-order valence-electron chi connectivity index (χ1n) is 8.61. The number of aromatic nitrogens is 2. The first-order chi connectivity index (χ1) is 14.0. The third-order valence-electron chi connectivity index (χ3n) is 3.78. The van der Waals surface area contributed by atoms with E-state index in [0.29, 0.717) is 28.0 Å². The molecule has 3 rings (SSSR count). The second-order valence-corrected chi connectivity index (χ2v) is 6.82. The monoisotopic (exact) mass is 428 g/mol. The van der Waals surface area contributed by atoms with Crippen molar-refractivity contribution in [3.63, 3.8) is 0 Å². The molecule has 3 N–H and O–H groups in total. The number of carboxylic acid groups (broad SMARTS) is 1. The topological polar surface area (TPSA) is 96.4 Å². The Morgan fingerprint density at radius 3 is 2.55 bits per heavy atom. The Labute approximate surface area is 177 Å². The van der Waals surface area contributed by atoms with Gasteiger partial charge in [-0.1, -0.05) is 41.9 Å². The highest BCUT2D eigenvalue weighted by molar-refractivity contribution is 7.80. The van der Waals surface area contributed by atoms with Gasteiger partial charge in [-0.2, -0.15) is 0 Å². The van der Waals surface area contributed by atoms with Gasteiger partial charge in [0.2, 0.25) is 5.88 Å². The number of aliphatic carboxylic acids is 1. The van der Waals surface area contributed by atoms with Crippen molar-refractivity contribution in [1.29, 1.82) is 0 Å². The summed E-state index contributed by atoms with van der Waals surface area (Å²) in [5.41, 5.74) is 0.710. The molecule has 0 saturated heterocycles. The lowest BCUT2D eigenvalue weighted by atomic mass is 10.0. The van der Waals surface area contributed by atoms with Crippen LogP contribution in [0.5, 0.6) is 11.6 Å². The van der Waals surface area contributed by atoms with Crippen LogP contribution in [0.15, 0.2) is 66.7 Å². The summed E-state index contributed by atoms with van der Waals surface area (Å²) in [6, 6.07) is 18.9. The lowest BCUT2D eigenvalue weighted by molar-refractivity contribution is -0.137. The van der Waals surface area contributed by atoms with Crippen molar-refractivity contribution < 1.29 is 14.6 Å². The number of ether oxygens (including phenoxy) is 1. The smallest absolute Gasteiger partial charge is 0.305 e. The number of thiocarbonyl (C=S) groups is 1. The van der Waals surface area contributed by atoms with Crippen molar-refractivity contribution in [2.45, 2.75) is 12.5 Å². The Kier molecular flexibility index (Phi) is 6.94. The molecule has 1 aromatic heterocycles. The van der Waals surface area contributed by atoms with E-state index >= 15 is 0 Å². The number of hydrogen-bond donors (Lipinski definition) is 3. The number of hydrogen-bond acceptors (Lipinski definition) is 5. The van der Waals surface area contributed by atoms with Crippen LogP contribution in [-0.2, 0) is 4.79 Å². The number of nitrogens with one attached hydrogen (secondary N) is 2. The molecule has 3 aromatic rings. The van der Waals surface area contributed by atoms with E-state index in [9.17, 15) is 9.90 Å². The van der Waals surface area contributed by atoms with Gasteiger partial charge in [0.05, 0.1) is 12.5 Å². The molecule has 0 spiro atoms. The fraction of sp³-hybridized carbons (Fsp3) is 0.100. The second-order valence-electron chi connectivity index (χ2n) is 5.98. The zero-order chi connectivity index (χ0) is 20.6. The first kappa shape index (κ1) is 20.5. The van der Waals surface area contributed by atoms with E-state index in [1.165, 1.54) is 0 Å². The van der Waals surface area contributed by atoms with Gasteiger partial charge < -0.3 is 20.5 Å². The minimum absolute atomic E-state index is 0.169. The van der Waals surface area contributed by atoms with E-state index in [2.05, 4.69) is 20.8 Å². The molecule has 29 heavy (non-hydrogen) atoms. The Balaban J connectivity index is 1.63. The minimum Gasteiger partial charge on any atom is -0.481 e. The van der Waals surface area contributed by atoms with Crippen molar-refractivity contribution in [2.75, 3.05) is 5.32 Å². The van der Waals surface area contributed by atoms with Crippen LogP contribution in [0.1, 0.15) is 18.0 Å². The largest absolute Gasteiger partial charge is 0.481 e. The average molecular weight is 429 g/mol. The summed E-state index contributed by atoms with van der Waals surface area (Å²) in [5.74, 6) is 0.414. The number of halogens is 1. The molecule has 0 fully saturated rings. The summed E-state index contributed by atoms with van der Waals surface area (Å²) in [6.45, 7) is 0. The Hall–Kier alpha value is -3.23. The standard InChI is InChI=1S/C20H17ClN4O3S/c21-14-6-4-5-13(11-14)16(12-19(26)27)22-20(29)23-17-9-10-18(25-24-17)28-15-7-2-1-3-8-15/h1-11,16H,12H2,(H,26,27)(H2,22,23,24,29)/t16-/m0/s1. The summed E-state index contributed by atoms with van der Waals surface area (Å²) in [5, 5.41) is 23.8. The molecule has 0 aliphatic heterocycles. The third-order valence-corrected chi connectivity index (χ3v) is 4.24. The average Bonchev–Trinajstić information content (AvgIpc) is 2.69. The minimum atomic E-state index is -0.965. The maximum Gasteiger partial charge on any atom is 0.305 e.